The Hall–Kier alpha value is -1.63. The minimum absolute atomic E-state index is 0.244. The number of rotatable bonds is 6. The number of amides is 1. The van der Waals surface area contributed by atoms with Crippen molar-refractivity contribution >= 4 is 11.9 Å². The zero-order chi connectivity index (χ0) is 15.6. The van der Waals surface area contributed by atoms with Gasteiger partial charge < -0.3 is 14.7 Å². The van der Waals surface area contributed by atoms with E-state index < -0.39 is 0 Å². The Bertz CT molecular complexity index is 544. The summed E-state index contributed by atoms with van der Waals surface area (Å²) in [5.74, 6) is 1.94. The van der Waals surface area contributed by atoms with Gasteiger partial charge in [0.1, 0.15) is 0 Å². The van der Waals surface area contributed by atoms with Gasteiger partial charge in [0.15, 0.2) is 5.82 Å². The number of hydrogen-bond acceptors (Lipinski definition) is 6. The van der Waals surface area contributed by atoms with Gasteiger partial charge in [-0.25, -0.2) is 0 Å². The van der Waals surface area contributed by atoms with Gasteiger partial charge in [0, 0.05) is 51.1 Å². The zero-order valence-corrected chi connectivity index (χ0v) is 13.5. The number of nitrogens with one attached hydrogen (secondary N) is 1. The molecule has 7 nitrogen and oxygen atoms in total. The normalized spacial score (nSPS) is 22.9. The van der Waals surface area contributed by atoms with E-state index in [9.17, 15) is 4.79 Å². The predicted molar refractivity (Wildman–Crippen MR) is 85.3 cm³/mol. The van der Waals surface area contributed by atoms with Crippen LogP contribution in [-0.2, 0) is 4.79 Å². The minimum Gasteiger partial charge on any atom is -0.355 e. The Labute approximate surface area is 136 Å². The summed E-state index contributed by atoms with van der Waals surface area (Å²) < 4.78 is 5.39. The molecule has 0 aromatic carbocycles. The van der Waals surface area contributed by atoms with Gasteiger partial charge in [-0.1, -0.05) is 11.6 Å². The molecule has 2 saturated carbocycles. The fraction of sp³-hybridized carbons (Fsp3) is 0.812. The third-order valence-electron chi connectivity index (χ3n) is 5.22. The summed E-state index contributed by atoms with van der Waals surface area (Å²) in [7, 11) is 0. The second-order valence-electron chi connectivity index (χ2n) is 6.96. The topological polar surface area (TPSA) is 74.5 Å². The molecular formula is C16H25N5O2. The summed E-state index contributed by atoms with van der Waals surface area (Å²) in [6.45, 7) is 5.43. The van der Waals surface area contributed by atoms with Crippen molar-refractivity contribution in [1.29, 1.82) is 0 Å². The Morgan fingerprint density at radius 2 is 1.96 bits per heavy atom. The lowest BCUT2D eigenvalue weighted by Gasteiger charge is -2.33. The molecule has 0 bridgehead atoms. The molecule has 7 heteroatoms. The second kappa shape index (κ2) is 6.47. The van der Waals surface area contributed by atoms with Crippen molar-refractivity contribution in [3.63, 3.8) is 0 Å². The van der Waals surface area contributed by atoms with Gasteiger partial charge in [0.05, 0.1) is 0 Å². The number of carbonyl (C=O) groups is 1. The zero-order valence-electron chi connectivity index (χ0n) is 13.5. The van der Waals surface area contributed by atoms with E-state index in [0.29, 0.717) is 11.9 Å². The number of piperazine rings is 1. The monoisotopic (exact) mass is 319 g/mol. The molecule has 1 aromatic heterocycles. The third kappa shape index (κ3) is 3.49. The molecule has 0 radical (unpaired) electrons. The quantitative estimate of drug-likeness (QED) is 0.843. The van der Waals surface area contributed by atoms with Crippen LogP contribution in [0.15, 0.2) is 4.52 Å². The van der Waals surface area contributed by atoms with Crippen molar-refractivity contribution in [3.05, 3.63) is 5.82 Å². The summed E-state index contributed by atoms with van der Waals surface area (Å²) in [6, 6.07) is 0.671. The van der Waals surface area contributed by atoms with Crippen molar-refractivity contribution in [2.24, 2.45) is 5.92 Å². The lowest BCUT2D eigenvalue weighted by Crippen LogP contribution is -2.49. The van der Waals surface area contributed by atoms with Crippen LogP contribution in [-0.4, -0.2) is 60.2 Å². The Balaban J connectivity index is 1.17. The van der Waals surface area contributed by atoms with E-state index in [1.807, 2.05) is 0 Å². The van der Waals surface area contributed by atoms with Crippen molar-refractivity contribution in [2.75, 3.05) is 44.2 Å². The highest BCUT2D eigenvalue weighted by Crippen LogP contribution is 2.38. The van der Waals surface area contributed by atoms with E-state index in [-0.39, 0.29) is 11.8 Å². The average molecular weight is 319 g/mol. The molecule has 2 heterocycles. The number of hydrogen-bond donors (Lipinski definition) is 1. The maximum atomic E-state index is 11.8. The molecule has 2 aliphatic carbocycles. The first-order chi connectivity index (χ1) is 11.3. The maximum Gasteiger partial charge on any atom is 0.324 e. The minimum atomic E-state index is 0.244. The van der Waals surface area contributed by atoms with Crippen LogP contribution >= 0.6 is 0 Å². The molecule has 1 amide bonds. The number of anilines is 1. The fourth-order valence-electron chi connectivity index (χ4n) is 3.18. The molecular weight excluding hydrogens is 294 g/mol. The number of nitrogens with zero attached hydrogens (tertiary/aromatic N) is 4. The molecule has 23 heavy (non-hydrogen) atoms. The Morgan fingerprint density at radius 1 is 1.17 bits per heavy atom. The first kappa shape index (κ1) is 14.9. The van der Waals surface area contributed by atoms with Gasteiger partial charge in [-0.2, -0.15) is 4.98 Å². The number of carbonyl (C=O) groups excluding carboxylic acids is 1. The largest absolute Gasteiger partial charge is 0.355 e. The molecule has 1 N–H and O–H groups in total. The summed E-state index contributed by atoms with van der Waals surface area (Å²) in [5.41, 5.74) is 0. The van der Waals surface area contributed by atoms with E-state index in [1.165, 1.54) is 19.3 Å². The highest BCUT2D eigenvalue weighted by Gasteiger charge is 2.30. The van der Waals surface area contributed by atoms with Crippen LogP contribution in [0.1, 0.15) is 43.8 Å². The van der Waals surface area contributed by atoms with Crippen molar-refractivity contribution < 1.29 is 9.32 Å². The molecule has 3 fully saturated rings. The average Bonchev–Trinajstić information content (AvgIpc) is 3.24. The van der Waals surface area contributed by atoms with Crippen LogP contribution in [0.5, 0.6) is 0 Å². The smallest absolute Gasteiger partial charge is 0.324 e. The van der Waals surface area contributed by atoms with E-state index in [4.69, 9.17) is 4.52 Å². The van der Waals surface area contributed by atoms with Crippen molar-refractivity contribution in [3.8, 4) is 0 Å². The molecule has 4 rings (SSSR count). The van der Waals surface area contributed by atoms with E-state index in [2.05, 4.69) is 25.3 Å². The predicted octanol–water partition coefficient (Wildman–Crippen LogP) is 0.985. The fourth-order valence-corrected chi connectivity index (χ4v) is 3.18. The van der Waals surface area contributed by atoms with Crippen LogP contribution in [0.3, 0.4) is 0 Å². The first-order valence-corrected chi connectivity index (χ1v) is 8.88. The van der Waals surface area contributed by atoms with Crippen LogP contribution in [0.4, 0.5) is 6.01 Å². The molecule has 1 aliphatic heterocycles. The Morgan fingerprint density at radius 3 is 2.61 bits per heavy atom. The summed E-state index contributed by atoms with van der Waals surface area (Å²) in [5, 5.41) is 7.15. The standard InChI is InChI=1S/C16H25N5O2/c22-15(13-2-1-3-13)17-6-7-20-8-10-21(11-9-20)16-18-14(19-23-16)12-4-5-12/h12-13H,1-11H2,(H,17,22). The highest BCUT2D eigenvalue weighted by atomic mass is 16.5. The lowest BCUT2D eigenvalue weighted by atomic mass is 9.85. The van der Waals surface area contributed by atoms with E-state index in [0.717, 1.165) is 57.9 Å². The molecule has 3 aliphatic rings. The Kier molecular flexibility index (Phi) is 4.20. The van der Waals surface area contributed by atoms with Gasteiger partial charge in [-0.3, -0.25) is 9.69 Å². The van der Waals surface area contributed by atoms with Crippen LogP contribution in [0, 0.1) is 5.92 Å². The van der Waals surface area contributed by atoms with E-state index >= 15 is 0 Å². The van der Waals surface area contributed by atoms with Gasteiger partial charge in [0.2, 0.25) is 5.91 Å². The summed E-state index contributed by atoms with van der Waals surface area (Å²) in [6.07, 6.45) is 5.73. The molecule has 0 atom stereocenters. The lowest BCUT2D eigenvalue weighted by molar-refractivity contribution is -0.127. The van der Waals surface area contributed by atoms with Gasteiger partial charge in [0.25, 0.3) is 0 Å². The summed E-state index contributed by atoms with van der Waals surface area (Å²) >= 11 is 0. The molecule has 126 valence electrons. The number of aromatic nitrogens is 2. The SMILES string of the molecule is O=C(NCCN1CCN(c2nc(C3CC3)no2)CC1)C1CCC1. The van der Waals surface area contributed by atoms with Crippen LogP contribution < -0.4 is 10.2 Å². The third-order valence-corrected chi connectivity index (χ3v) is 5.22. The van der Waals surface area contributed by atoms with Gasteiger partial charge in [-0.05, 0) is 25.7 Å². The highest BCUT2D eigenvalue weighted by molar-refractivity contribution is 5.79. The summed E-state index contributed by atoms with van der Waals surface area (Å²) in [4.78, 5) is 20.9. The first-order valence-electron chi connectivity index (χ1n) is 8.88. The maximum absolute atomic E-state index is 11.8. The van der Waals surface area contributed by atoms with Crippen molar-refractivity contribution in [1.82, 2.24) is 20.4 Å². The van der Waals surface area contributed by atoms with Gasteiger partial charge in [-0.15, -0.1) is 0 Å². The molecule has 0 unspecified atom stereocenters. The molecule has 0 spiro atoms. The van der Waals surface area contributed by atoms with Gasteiger partial charge >= 0.3 is 6.01 Å². The van der Waals surface area contributed by atoms with Crippen molar-refractivity contribution in [2.45, 2.75) is 38.0 Å². The van der Waals surface area contributed by atoms with Crippen LogP contribution in [0.25, 0.3) is 0 Å². The van der Waals surface area contributed by atoms with Crippen LogP contribution in [0.2, 0.25) is 0 Å². The molecule has 1 aromatic rings. The second-order valence-corrected chi connectivity index (χ2v) is 6.96. The molecule has 1 saturated heterocycles. The van der Waals surface area contributed by atoms with E-state index in [1.54, 1.807) is 0 Å².